The number of alkyl halides is 3. The second-order valence-electron chi connectivity index (χ2n) is 8.83. The van der Waals surface area contributed by atoms with Gasteiger partial charge in [-0.05, 0) is 48.7 Å². The fraction of sp³-hybridized carbons (Fsp3) is 0.360. The van der Waals surface area contributed by atoms with Gasteiger partial charge in [-0.3, -0.25) is 4.79 Å². The molecule has 1 aliphatic heterocycles. The topological polar surface area (TPSA) is 88.6 Å². The van der Waals surface area contributed by atoms with Crippen LogP contribution in [0.4, 0.5) is 24.5 Å². The van der Waals surface area contributed by atoms with E-state index in [1.807, 2.05) is 18.2 Å². The molecule has 1 N–H and O–H groups in total. The molecule has 4 rings (SSSR count). The van der Waals surface area contributed by atoms with E-state index in [0.717, 1.165) is 12.4 Å². The molecule has 1 aromatic heterocycles. The summed E-state index contributed by atoms with van der Waals surface area (Å²) in [4.78, 5) is 17.9. The van der Waals surface area contributed by atoms with Gasteiger partial charge in [-0.15, -0.1) is 0 Å². The average Bonchev–Trinajstić information content (AvgIpc) is 2.83. The number of amides is 1. The Bertz CT molecular complexity index is 1350. The number of halogens is 3. The molecule has 1 saturated heterocycles. The number of pyridine rings is 1. The number of methoxy groups -OCH3 is 1. The number of carbonyl (C=O) groups is 1. The lowest BCUT2D eigenvalue weighted by Crippen LogP contribution is -2.44. The van der Waals surface area contributed by atoms with Crippen LogP contribution in [0.5, 0.6) is 5.88 Å². The number of fused-ring (bicyclic) bond motifs is 1. The first-order valence-electron chi connectivity index (χ1n) is 11.3. The van der Waals surface area contributed by atoms with Crippen LogP contribution in [0.15, 0.2) is 54.6 Å². The van der Waals surface area contributed by atoms with Gasteiger partial charge in [0.25, 0.3) is 0 Å². The van der Waals surface area contributed by atoms with Gasteiger partial charge in [-0.1, -0.05) is 18.2 Å². The van der Waals surface area contributed by atoms with Gasteiger partial charge in [0.15, 0.2) is 6.04 Å². The van der Waals surface area contributed by atoms with Gasteiger partial charge in [0.2, 0.25) is 11.8 Å². The van der Waals surface area contributed by atoms with Crippen LogP contribution in [0.2, 0.25) is 0 Å². The predicted octanol–water partition coefficient (Wildman–Crippen LogP) is 4.87. The summed E-state index contributed by atoms with van der Waals surface area (Å²) in [6, 6.07) is 12.7. The first-order valence-corrected chi connectivity index (χ1v) is 13.1. The molecular weight excluding hydrogens is 495 g/mol. The maximum atomic E-state index is 14.0. The van der Waals surface area contributed by atoms with E-state index in [-0.39, 0.29) is 29.9 Å². The number of benzene rings is 2. The summed E-state index contributed by atoms with van der Waals surface area (Å²) < 4.78 is 70.6. The van der Waals surface area contributed by atoms with E-state index in [1.54, 1.807) is 12.1 Å². The maximum Gasteiger partial charge on any atom is 0.413 e. The van der Waals surface area contributed by atoms with Crippen LogP contribution in [0, 0.1) is 5.92 Å². The number of nitrogens with zero attached hydrogens (tertiary/aromatic N) is 2. The second kappa shape index (κ2) is 9.96. The number of aromatic nitrogens is 1. The summed E-state index contributed by atoms with van der Waals surface area (Å²) in [6.45, 7) is 0. The highest BCUT2D eigenvalue weighted by Crippen LogP contribution is 2.39. The minimum absolute atomic E-state index is 0.0332. The zero-order chi connectivity index (χ0) is 26.1. The number of hydrogen-bond donors (Lipinski definition) is 1. The fourth-order valence-corrected chi connectivity index (χ4v) is 5.88. The summed E-state index contributed by atoms with van der Waals surface area (Å²) in [6.07, 6.45) is -4.64. The maximum absolute atomic E-state index is 14.0. The van der Waals surface area contributed by atoms with Crippen LogP contribution in [-0.2, 0) is 14.6 Å². The standard InChI is InChI=1S/C25H26F3N3O4S/c1-31(24(32)18-11-13-36(33,34)14-12-18)23(25(26,27)28)17-4-7-19(8-5-17)29-20-9-3-16-6-10-22(35-2)30-21(16)15-20/h3-10,15,18,23,29H,11-14H2,1-2H3/t23-/m0/s1. The van der Waals surface area contributed by atoms with Crippen LogP contribution < -0.4 is 10.1 Å². The summed E-state index contributed by atoms with van der Waals surface area (Å²) in [5.41, 5.74) is 1.87. The Morgan fingerprint density at radius 2 is 1.67 bits per heavy atom. The van der Waals surface area contributed by atoms with Gasteiger partial charge < -0.3 is 15.0 Å². The summed E-state index contributed by atoms with van der Waals surface area (Å²) >= 11 is 0. The van der Waals surface area contributed by atoms with Crippen LogP contribution in [0.25, 0.3) is 10.9 Å². The van der Waals surface area contributed by atoms with Crippen molar-refractivity contribution in [2.45, 2.75) is 25.1 Å². The number of rotatable bonds is 6. The lowest BCUT2D eigenvalue weighted by Gasteiger charge is -2.34. The summed E-state index contributed by atoms with van der Waals surface area (Å²) in [7, 11) is -0.591. The van der Waals surface area contributed by atoms with Crippen LogP contribution >= 0.6 is 0 Å². The van der Waals surface area contributed by atoms with Gasteiger partial charge in [0.1, 0.15) is 9.84 Å². The summed E-state index contributed by atoms with van der Waals surface area (Å²) in [5.74, 6) is -1.36. The monoisotopic (exact) mass is 521 g/mol. The first kappa shape index (κ1) is 25.7. The van der Waals surface area contributed by atoms with Crippen molar-refractivity contribution in [3.63, 3.8) is 0 Å². The first-order chi connectivity index (χ1) is 17.0. The lowest BCUT2D eigenvalue weighted by molar-refractivity contribution is -0.190. The van der Waals surface area contributed by atoms with Gasteiger partial charge in [-0.2, -0.15) is 13.2 Å². The zero-order valence-corrected chi connectivity index (χ0v) is 20.6. The summed E-state index contributed by atoms with van der Waals surface area (Å²) in [5, 5.41) is 4.06. The molecule has 1 amide bonds. The SMILES string of the molecule is COc1ccc2ccc(Nc3ccc([C@H](N(C)C(=O)C4CCS(=O)(=O)CC4)C(F)(F)F)cc3)cc2n1. The molecule has 11 heteroatoms. The molecule has 0 saturated carbocycles. The van der Waals surface area contributed by atoms with E-state index in [2.05, 4.69) is 10.3 Å². The Balaban J connectivity index is 1.52. The van der Waals surface area contributed by atoms with Crippen molar-refractivity contribution >= 4 is 38.0 Å². The number of hydrogen-bond acceptors (Lipinski definition) is 6. The molecule has 192 valence electrons. The minimum atomic E-state index is -4.71. The third-order valence-corrected chi connectivity index (χ3v) is 8.06. The average molecular weight is 522 g/mol. The molecule has 0 aliphatic carbocycles. The molecule has 3 aromatic rings. The number of anilines is 2. The molecule has 0 spiro atoms. The Morgan fingerprint density at radius 1 is 1.06 bits per heavy atom. The molecule has 36 heavy (non-hydrogen) atoms. The number of sulfone groups is 1. The predicted molar refractivity (Wildman–Crippen MR) is 131 cm³/mol. The Kier molecular flexibility index (Phi) is 7.12. The van der Waals surface area contributed by atoms with Crippen molar-refractivity contribution < 1.29 is 31.1 Å². The van der Waals surface area contributed by atoms with Gasteiger partial charge in [0, 0.05) is 35.8 Å². The van der Waals surface area contributed by atoms with E-state index < -0.39 is 33.9 Å². The zero-order valence-electron chi connectivity index (χ0n) is 19.7. The number of carbonyl (C=O) groups excluding carboxylic acids is 1. The Morgan fingerprint density at radius 3 is 2.28 bits per heavy atom. The van der Waals surface area contributed by atoms with E-state index in [0.29, 0.717) is 27.7 Å². The van der Waals surface area contributed by atoms with Crippen LogP contribution in [0.3, 0.4) is 0 Å². The third-order valence-electron chi connectivity index (χ3n) is 6.34. The third kappa shape index (κ3) is 5.72. The molecule has 2 heterocycles. The molecule has 2 aromatic carbocycles. The molecular formula is C25H26F3N3O4S. The van der Waals surface area contributed by atoms with Crippen molar-refractivity contribution in [3.8, 4) is 5.88 Å². The normalized spacial score (nSPS) is 16.9. The van der Waals surface area contributed by atoms with Crippen LogP contribution in [0.1, 0.15) is 24.4 Å². The number of nitrogens with one attached hydrogen (secondary N) is 1. The second-order valence-corrected chi connectivity index (χ2v) is 11.1. The van der Waals surface area contributed by atoms with Crippen molar-refractivity contribution in [2.75, 3.05) is 31.0 Å². The van der Waals surface area contributed by atoms with Gasteiger partial charge in [-0.25, -0.2) is 13.4 Å². The Labute approximate surface area is 207 Å². The van der Waals surface area contributed by atoms with E-state index >= 15 is 0 Å². The van der Waals surface area contributed by atoms with E-state index in [1.165, 1.54) is 31.4 Å². The van der Waals surface area contributed by atoms with Crippen molar-refractivity contribution in [2.24, 2.45) is 5.92 Å². The quantitative estimate of drug-likeness (QED) is 0.498. The van der Waals surface area contributed by atoms with Crippen molar-refractivity contribution in [3.05, 3.63) is 60.2 Å². The highest BCUT2D eigenvalue weighted by Gasteiger charge is 2.46. The van der Waals surface area contributed by atoms with Gasteiger partial charge >= 0.3 is 6.18 Å². The molecule has 1 fully saturated rings. The largest absolute Gasteiger partial charge is 0.481 e. The molecule has 7 nitrogen and oxygen atoms in total. The Hall–Kier alpha value is -3.34. The van der Waals surface area contributed by atoms with E-state index in [9.17, 15) is 26.4 Å². The van der Waals surface area contributed by atoms with E-state index in [4.69, 9.17) is 4.74 Å². The smallest absolute Gasteiger partial charge is 0.413 e. The van der Waals surface area contributed by atoms with Crippen molar-refractivity contribution in [1.29, 1.82) is 0 Å². The van der Waals surface area contributed by atoms with Crippen molar-refractivity contribution in [1.82, 2.24) is 9.88 Å². The highest BCUT2D eigenvalue weighted by molar-refractivity contribution is 7.91. The molecule has 0 radical (unpaired) electrons. The lowest BCUT2D eigenvalue weighted by atomic mass is 9.98. The highest BCUT2D eigenvalue weighted by atomic mass is 32.2. The van der Waals surface area contributed by atoms with Crippen LogP contribution in [-0.4, -0.2) is 56.0 Å². The number of ether oxygens (including phenoxy) is 1. The molecule has 1 atom stereocenters. The minimum Gasteiger partial charge on any atom is -0.481 e. The molecule has 1 aliphatic rings. The molecule has 0 unspecified atom stereocenters. The fourth-order valence-electron chi connectivity index (χ4n) is 4.39. The molecule has 0 bridgehead atoms. The van der Waals surface area contributed by atoms with Gasteiger partial charge in [0.05, 0.1) is 24.1 Å².